The molecule has 0 unspecified atom stereocenters. The molecule has 0 saturated heterocycles. The van der Waals surface area contributed by atoms with E-state index in [1.807, 2.05) is 11.3 Å². The summed E-state index contributed by atoms with van der Waals surface area (Å²) in [4.78, 5) is 5.43. The minimum atomic E-state index is 0.907. The first-order valence-corrected chi connectivity index (χ1v) is 16.7. The Morgan fingerprint density at radius 2 is 1.17 bits per heavy atom. The Morgan fingerprint density at radius 3 is 1.98 bits per heavy atom. The lowest BCUT2D eigenvalue weighted by Gasteiger charge is -2.13. The average molecular weight is 618 g/mol. The maximum absolute atomic E-state index is 5.43. The first-order chi connectivity index (χ1) is 23.3. The van der Waals surface area contributed by atoms with Crippen LogP contribution in [0.4, 0.5) is 0 Å². The van der Waals surface area contributed by atoms with Gasteiger partial charge in [0.2, 0.25) is 0 Å². The van der Waals surface area contributed by atoms with E-state index in [2.05, 4.69) is 173 Å². The lowest BCUT2D eigenvalue weighted by Crippen LogP contribution is -2.00. The molecule has 3 nitrogen and oxygen atoms in total. The monoisotopic (exact) mass is 617 g/mol. The molecule has 220 valence electrons. The highest BCUT2D eigenvalue weighted by Gasteiger charge is 2.21. The van der Waals surface area contributed by atoms with E-state index < -0.39 is 0 Å². The summed E-state index contributed by atoms with van der Waals surface area (Å²) in [5.74, 6) is 0.907. The van der Waals surface area contributed by atoms with Gasteiger partial charge in [0.25, 0.3) is 0 Å². The molecule has 0 bridgehead atoms. The zero-order valence-corrected chi connectivity index (χ0v) is 26.2. The maximum Gasteiger partial charge on any atom is 0.138 e. The smallest absolute Gasteiger partial charge is 0.138 e. The predicted molar refractivity (Wildman–Crippen MR) is 199 cm³/mol. The summed E-state index contributed by atoms with van der Waals surface area (Å²) in [6, 6.07) is 56.6. The number of fused-ring (bicyclic) bond motifs is 8. The van der Waals surface area contributed by atoms with E-state index in [1.165, 1.54) is 52.9 Å². The molecule has 0 saturated carbocycles. The summed E-state index contributed by atoms with van der Waals surface area (Å²) < 4.78 is 7.30. The van der Waals surface area contributed by atoms with Crippen LogP contribution < -0.4 is 0 Å². The van der Waals surface area contributed by atoms with Gasteiger partial charge in [0.1, 0.15) is 5.82 Å². The number of hydrogen-bond donors (Lipinski definition) is 0. The van der Waals surface area contributed by atoms with Crippen LogP contribution in [0.1, 0.15) is 0 Å². The van der Waals surface area contributed by atoms with Crippen molar-refractivity contribution < 1.29 is 0 Å². The Labute approximate surface area is 275 Å². The van der Waals surface area contributed by atoms with Crippen molar-refractivity contribution in [1.29, 1.82) is 0 Å². The van der Waals surface area contributed by atoms with Crippen LogP contribution in [-0.2, 0) is 0 Å². The lowest BCUT2D eigenvalue weighted by molar-refractivity contribution is 1.09. The number of rotatable bonds is 4. The first kappa shape index (κ1) is 26.3. The van der Waals surface area contributed by atoms with Gasteiger partial charge in [-0.2, -0.15) is 0 Å². The van der Waals surface area contributed by atoms with E-state index in [1.54, 1.807) is 0 Å². The molecule has 10 aromatic rings. The van der Waals surface area contributed by atoms with Crippen LogP contribution in [0.15, 0.2) is 164 Å². The molecular formula is C43H27N3S. The summed E-state index contributed by atoms with van der Waals surface area (Å²) in [5, 5.41) is 6.24. The van der Waals surface area contributed by atoms with Crippen LogP contribution in [0.5, 0.6) is 0 Å². The molecule has 4 aromatic heterocycles. The second-order valence-electron chi connectivity index (χ2n) is 12.0. The number of pyridine rings is 1. The topological polar surface area (TPSA) is 22.8 Å². The van der Waals surface area contributed by atoms with Crippen LogP contribution in [0.2, 0.25) is 0 Å². The number of aromatic nitrogens is 3. The summed E-state index contributed by atoms with van der Waals surface area (Å²) in [7, 11) is 0. The van der Waals surface area contributed by atoms with Crippen molar-refractivity contribution in [2.24, 2.45) is 0 Å². The fraction of sp³-hybridized carbons (Fsp3) is 0. The van der Waals surface area contributed by atoms with Gasteiger partial charge >= 0.3 is 0 Å². The Morgan fingerprint density at radius 1 is 0.447 bits per heavy atom. The molecule has 10 rings (SSSR count). The number of para-hydroxylation sites is 1. The van der Waals surface area contributed by atoms with E-state index in [0.29, 0.717) is 0 Å². The van der Waals surface area contributed by atoms with Gasteiger partial charge in [0.05, 0.1) is 22.2 Å². The highest BCUT2D eigenvalue weighted by Crippen LogP contribution is 2.43. The maximum atomic E-state index is 5.43. The lowest BCUT2D eigenvalue weighted by atomic mass is 10.0. The Hall–Kier alpha value is -5.97. The molecular weight excluding hydrogens is 591 g/mol. The van der Waals surface area contributed by atoms with E-state index in [4.69, 9.17) is 4.98 Å². The third kappa shape index (κ3) is 4.09. The van der Waals surface area contributed by atoms with Gasteiger partial charge in [-0.15, -0.1) is 11.3 Å². The van der Waals surface area contributed by atoms with Crippen molar-refractivity contribution >= 4 is 64.2 Å². The molecule has 0 amide bonds. The molecule has 6 aromatic carbocycles. The van der Waals surface area contributed by atoms with Gasteiger partial charge in [0, 0.05) is 53.8 Å². The van der Waals surface area contributed by atoms with Gasteiger partial charge in [-0.3, -0.25) is 4.57 Å². The highest BCUT2D eigenvalue weighted by molar-refractivity contribution is 7.25. The van der Waals surface area contributed by atoms with Gasteiger partial charge < -0.3 is 4.57 Å². The molecule has 0 aliphatic rings. The molecule has 0 atom stereocenters. The van der Waals surface area contributed by atoms with Gasteiger partial charge in [-0.25, -0.2) is 4.98 Å². The Bertz CT molecular complexity index is 2710. The van der Waals surface area contributed by atoms with Crippen LogP contribution in [0.25, 0.3) is 86.8 Å². The van der Waals surface area contributed by atoms with Gasteiger partial charge in [-0.1, -0.05) is 103 Å². The first-order valence-electron chi connectivity index (χ1n) is 15.9. The second kappa shape index (κ2) is 10.3. The van der Waals surface area contributed by atoms with Crippen LogP contribution in [0, 0.1) is 0 Å². The van der Waals surface area contributed by atoms with Crippen molar-refractivity contribution in [1.82, 2.24) is 14.1 Å². The molecule has 0 aliphatic heterocycles. The van der Waals surface area contributed by atoms with Crippen LogP contribution in [-0.4, -0.2) is 14.1 Å². The molecule has 0 spiro atoms. The second-order valence-corrected chi connectivity index (χ2v) is 13.1. The number of nitrogens with zero attached hydrogens (tertiary/aromatic N) is 3. The van der Waals surface area contributed by atoms with Crippen LogP contribution >= 0.6 is 11.3 Å². The molecule has 47 heavy (non-hydrogen) atoms. The number of hydrogen-bond acceptors (Lipinski definition) is 2. The molecule has 4 heterocycles. The SMILES string of the molecule is c1ccc(-c2cc(-c3ccccc3)nc(-n3c4cc5c(cc4c4ccc6c(ccn6-c6ccccc6)c43)sc3ccccc35)c2)cc1. The van der Waals surface area contributed by atoms with Crippen molar-refractivity contribution in [2.45, 2.75) is 0 Å². The van der Waals surface area contributed by atoms with Gasteiger partial charge in [0.15, 0.2) is 0 Å². The third-order valence-corrected chi connectivity index (χ3v) is 10.5. The molecule has 0 N–H and O–H groups in total. The summed E-state index contributed by atoms with van der Waals surface area (Å²) >= 11 is 1.87. The fourth-order valence-electron chi connectivity index (χ4n) is 7.18. The quantitative estimate of drug-likeness (QED) is 0.193. The van der Waals surface area contributed by atoms with Crippen molar-refractivity contribution in [3.63, 3.8) is 0 Å². The predicted octanol–water partition coefficient (Wildman–Crippen LogP) is 11.8. The number of benzene rings is 6. The largest absolute Gasteiger partial charge is 0.316 e. The van der Waals surface area contributed by atoms with Crippen molar-refractivity contribution in [3.05, 3.63) is 164 Å². The normalized spacial score (nSPS) is 11.8. The van der Waals surface area contributed by atoms with E-state index in [-0.39, 0.29) is 0 Å². The minimum absolute atomic E-state index is 0.907. The average Bonchev–Trinajstić information content (AvgIpc) is 3.83. The molecule has 0 fully saturated rings. The van der Waals surface area contributed by atoms with Gasteiger partial charge in [-0.05, 0) is 65.7 Å². The van der Waals surface area contributed by atoms with E-state index in [0.717, 1.165) is 33.8 Å². The summed E-state index contributed by atoms with van der Waals surface area (Å²) in [6.07, 6.45) is 2.19. The zero-order valence-electron chi connectivity index (χ0n) is 25.3. The summed E-state index contributed by atoms with van der Waals surface area (Å²) in [5.41, 5.74) is 9.00. The standard InChI is InChI=1S/C43H27N3S/c1-4-12-28(13-5-1)30-24-37(29-14-6-2-7-15-29)44-42(25-30)46-39-26-36-32-18-10-11-19-40(32)47-41(36)27-35(39)33-20-21-38-34(43(33)46)22-23-45(38)31-16-8-3-9-17-31/h1-27H. The minimum Gasteiger partial charge on any atom is -0.316 e. The van der Waals surface area contributed by atoms with Crippen LogP contribution in [0.3, 0.4) is 0 Å². The summed E-state index contributed by atoms with van der Waals surface area (Å²) in [6.45, 7) is 0. The molecule has 0 aliphatic carbocycles. The van der Waals surface area contributed by atoms with E-state index in [9.17, 15) is 0 Å². The van der Waals surface area contributed by atoms with Crippen molar-refractivity contribution in [2.75, 3.05) is 0 Å². The van der Waals surface area contributed by atoms with E-state index >= 15 is 0 Å². The molecule has 4 heteroatoms. The fourth-order valence-corrected chi connectivity index (χ4v) is 8.30. The highest BCUT2D eigenvalue weighted by atomic mass is 32.1. The number of thiophene rings is 1. The Balaban J connectivity index is 1.36. The molecule has 0 radical (unpaired) electrons. The Kier molecular flexibility index (Phi) is 5.74. The zero-order chi connectivity index (χ0) is 30.9. The van der Waals surface area contributed by atoms with Crippen molar-refractivity contribution in [3.8, 4) is 33.9 Å². The third-order valence-electron chi connectivity index (χ3n) is 9.35.